The Morgan fingerprint density at radius 1 is 1.14 bits per heavy atom. The first-order valence-corrected chi connectivity index (χ1v) is 10.6. The highest BCUT2D eigenvalue weighted by atomic mass is 127. The molecule has 0 N–H and O–H groups in total. The van der Waals surface area contributed by atoms with Crippen LogP contribution in [0.3, 0.4) is 0 Å². The van der Waals surface area contributed by atoms with Crippen molar-refractivity contribution < 1.29 is 0 Å². The molecule has 0 aliphatic heterocycles. The molecule has 0 saturated carbocycles. The van der Waals surface area contributed by atoms with Gasteiger partial charge >= 0.3 is 0 Å². The topological polar surface area (TPSA) is 9.72 Å². The van der Waals surface area contributed by atoms with Crippen molar-refractivity contribution >= 4 is 159 Å². The van der Waals surface area contributed by atoms with Gasteiger partial charge in [0.25, 0.3) is 0 Å². The summed E-state index contributed by atoms with van der Waals surface area (Å²) in [5.74, 6) is 0. The minimum absolute atomic E-state index is 0.0845. The summed E-state index contributed by atoms with van der Waals surface area (Å²) in [7, 11) is 0. The lowest BCUT2D eigenvalue weighted by Crippen LogP contribution is -2.46. The zero-order chi connectivity index (χ0) is 11.5. The average Bonchev–Trinajstić information content (AvgIpc) is 2.13. The van der Waals surface area contributed by atoms with Crippen LogP contribution < -0.4 is 0 Å². The van der Waals surface area contributed by atoms with E-state index in [1.165, 1.54) is 6.42 Å². The maximum absolute atomic E-state index is 2.51. The fourth-order valence-electron chi connectivity index (χ4n) is 0.531. The fourth-order valence-corrected chi connectivity index (χ4v) is 5.44. The Hall–Kier alpha value is 4.99. The van der Waals surface area contributed by atoms with E-state index < -0.39 is 0 Å². The number of hydrazine groups is 2. The molecular formula is C4H6I7N3. The van der Waals surface area contributed by atoms with Gasteiger partial charge in [-0.2, -0.15) is 0 Å². The second-order valence-electron chi connectivity index (χ2n) is 2.18. The number of halogens is 7. The summed E-state index contributed by atoms with van der Waals surface area (Å²) in [5.41, 5.74) is 0. The van der Waals surface area contributed by atoms with E-state index in [9.17, 15) is 0 Å². The SMILES string of the molecule is CCC(I)C(I)(I)N(I)N(I)N(I)I. The summed E-state index contributed by atoms with van der Waals surface area (Å²) in [6.07, 6.45) is 1.17. The Kier molecular flexibility index (Phi) is 12.2. The summed E-state index contributed by atoms with van der Waals surface area (Å²) < 4.78 is 6.93. The summed E-state index contributed by atoms with van der Waals surface area (Å²) in [6.45, 7) is 2.22. The van der Waals surface area contributed by atoms with E-state index in [4.69, 9.17) is 0 Å². The predicted octanol–water partition coefficient (Wildman–Crippen LogP) is 5.86. The van der Waals surface area contributed by atoms with E-state index in [0.717, 1.165) is 0 Å². The van der Waals surface area contributed by atoms with Crippen molar-refractivity contribution in [2.75, 3.05) is 0 Å². The molecule has 0 aromatic heterocycles. The molecule has 0 bridgehead atoms. The minimum Gasteiger partial charge on any atom is -0.130 e. The van der Waals surface area contributed by atoms with Gasteiger partial charge < -0.3 is 0 Å². The summed E-state index contributed by atoms with van der Waals surface area (Å²) in [5, 5.41) is 0. The summed E-state index contributed by atoms with van der Waals surface area (Å²) >= 11 is 16.6. The second-order valence-corrected chi connectivity index (χ2v) is 14.5. The molecule has 1 unspecified atom stereocenters. The standard InChI is InChI=1S/C4H6I7N3/c1-2-3(5)4(6,7)12(8)14(11)13(9)10/h3H,2H2,1H3. The Morgan fingerprint density at radius 2 is 1.57 bits per heavy atom. The lowest BCUT2D eigenvalue weighted by molar-refractivity contribution is 0.174. The number of hydrogen-bond donors (Lipinski definition) is 0. The van der Waals surface area contributed by atoms with Crippen molar-refractivity contribution in [2.45, 2.75) is 18.8 Å². The van der Waals surface area contributed by atoms with Crippen LogP contribution in [0.4, 0.5) is 0 Å². The van der Waals surface area contributed by atoms with Crippen LogP contribution in [0.1, 0.15) is 13.3 Å². The molecule has 0 saturated heterocycles. The van der Waals surface area contributed by atoms with Crippen molar-refractivity contribution in [3.8, 4) is 0 Å². The van der Waals surface area contributed by atoms with E-state index in [1.807, 2.05) is 1.44 Å². The molecule has 0 heterocycles. The normalized spacial score (nSPS) is 15.6. The van der Waals surface area contributed by atoms with Gasteiger partial charge in [0.05, 0.1) is 68.6 Å². The third kappa shape index (κ3) is 5.96. The van der Waals surface area contributed by atoms with E-state index in [0.29, 0.717) is 3.92 Å². The van der Waals surface area contributed by atoms with Crippen molar-refractivity contribution in [1.82, 2.24) is 7.99 Å². The second kappa shape index (κ2) is 9.02. The molecule has 0 spiro atoms. The van der Waals surface area contributed by atoms with Crippen LogP contribution in [0, 0.1) is 0 Å². The number of alkyl halides is 3. The first kappa shape index (κ1) is 19.0. The van der Waals surface area contributed by atoms with Gasteiger partial charge in [0.2, 0.25) is 0 Å². The van der Waals surface area contributed by atoms with Gasteiger partial charge in [0.15, 0.2) is 1.55 Å². The highest BCUT2D eigenvalue weighted by Crippen LogP contribution is 2.46. The molecule has 10 heteroatoms. The summed E-state index contributed by atoms with van der Waals surface area (Å²) in [4.78, 5) is 0. The lowest BCUT2D eigenvalue weighted by atomic mass is 10.3. The highest BCUT2D eigenvalue weighted by Gasteiger charge is 2.40. The van der Waals surface area contributed by atoms with Crippen LogP contribution in [0.25, 0.3) is 0 Å². The molecule has 0 rings (SSSR count). The molecule has 0 amide bonds. The Labute approximate surface area is 181 Å². The average molecular weight is 984 g/mol. The third-order valence-corrected chi connectivity index (χ3v) is 15.0. The number of rotatable bonds is 5. The van der Waals surface area contributed by atoms with Gasteiger partial charge in [0, 0.05) is 26.8 Å². The molecule has 0 aliphatic rings. The van der Waals surface area contributed by atoms with Crippen LogP contribution >= 0.6 is 159 Å². The molecular weight excluding hydrogens is 978 g/mol. The third-order valence-electron chi connectivity index (χ3n) is 1.25. The Morgan fingerprint density at radius 3 is 1.86 bits per heavy atom. The van der Waals surface area contributed by atoms with Crippen LogP contribution in [0.2, 0.25) is 0 Å². The van der Waals surface area contributed by atoms with Crippen LogP contribution in [0.5, 0.6) is 0 Å². The molecule has 14 heavy (non-hydrogen) atoms. The van der Waals surface area contributed by atoms with Crippen molar-refractivity contribution in [3.63, 3.8) is 0 Å². The van der Waals surface area contributed by atoms with Gasteiger partial charge in [-0.15, -0.1) is 3.22 Å². The monoisotopic (exact) mass is 984 g/mol. The van der Waals surface area contributed by atoms with Crippen LogP contribution in [-0.2, 0) is 0 Å². The Balaban J connectivity index is 4.56. The van der Waals surface area contributed by atoms with E-state index in [-0.39, 0.29) is 1.55 Å². The molecule has 0 aromatic rings. The maximum Gasteiger partial charge on any atom is 0.161 e. The van der Waals surface area contributed by atoms with E-state index >= 15 is 0 Å². The van der Waals surface area contributed by atoms with Crippen molar-refractivity contribution in [2.24, 2.45) is 0 Å². The fraction of sp³-hybridized carbons (Fsp3) is 1.00. The number of hydrogen-bond acceptors (Lipinski definition) is 3. The molecule has 0 aromatic carbocycles. The van der Waals surface area contributed by atoms with Crippen LogP contribution in [-0.4, -0.2) is 13.5 Å². The zero-order valence-electron chi connectivity index (χ0n) is 6.77. The van der Waals surface area contributed by atoms with Gasteiger partial charge in [-0.1, -0.05) is 34.3 Å². The molecule has 0 aliphatic carbocycles. The van der Waals surface area contributed by atoms with E-state index in [1.54, 1.807) is 0 Å². The van der Waals surface area contributed by atoms with Gasteiger partial charge in [-0.25, -0.2) is 0 Å². The Bertz CT molecular complexity index is 176. The van der Waals surface area contributed by atoms with Crippen molar-refractivity contribution in [3.05, 3.63) is 0 Å². The predicted molar refractivity (Wildman–Crippen MR) is 120 cm³/mol. The first-order valence-electron chi connectivity index (χ1n) is 3.30. The van der Waals surface area contributed by atoms with E-state index in [2.05, 4.69) is 173 Å². The highest BCUT2D eigenvalue weighted by molar-refractivity contribution is 14.2. The lowest BCUT2D eigenvalue weighted by Gasteiger charge is -2.38. The van der Waals surface area contributed by atoms with Crippen molar-refractivity contribution in [1.29, 1.82) is 0 Å². The molecule has 1 atom stereocenters. The molecule has 86 valence electrons. The largest absolute Gasteiger partial charge is 0.161 e. The molecule has 0 radical (unpaired) electrons. The summed E-state index contributed by atoms with van der Waals surface area (Å²) in [6, 6.07) is 0. The van der Waals surface area contributed by atoms with Crippen LogP contribution in [0.15, 0.2) is 0 Å². The maximum atomic E-state index is 2.51. The minimum atomic E-state index is 0.0845. The number of nitrogens with zero attached hydrogens (tertiary/aromatic N) is 3. The first-order chi connectivity index (χ1) is 6.25. The molecule has 3 nitrogen and oxygen atoms in total. The molecule has 0 fully saturated rings. The smallest absolute Gasteiger partial charge is 0.130 e. The van der Waals surface area contributed by atoms with Gasteiger partial charge in [-0.05, 0) is 51.6 Å². The van der Waals surface area contributed by atoms with Gasteiger partial charge in [0.1, 0.15) is 0 Å². The quantitative estimate of drug-likeness (QED) is 0.113. The zero-order valence-corrected chi connectivity index (χ0v) is 21.9. The van der Waals surface area contributed by atoms with Gasteiger partial charge in [-0.3, -0.25) is 0 Å².